The number of esters is 1. The Kier molecular flexibility index (Phi) is 7.36. The van der Waals surface area contributed by atoms with Gasteiger partial charge in [-0.25, -0.2) is 4.79 Å². The molecule has 0 saturated heterocycles. The van der Waals surface area contributed by atoms with E-state index in [1.54, 1.807) is 34.4 Å². The van der Waals surface area contributed by atoms with Crippen LogP contribution in [0.15, 0.2) is 66.7 Å². The number of carbonyl (C=O) groups is 2. The Hall–Kier alpha value is -3.43. The van der Waals surface area contributed by atoms with Crippen LogP contribution in [0.3, 0.4) is 0 Å². The third kappa shape index (κ3) is 6.03. The minimum Gasteiger partial charge on any atom is -0.452 e. The summed E-state index contributed by atoms with van der Waals surface area (Å²) in [7, 11) is 0. The number of carbonyl (C=O) groups excluding carboxylic acids is 2. The van der Waals surface area contributed by atoms with Crippen molar-refractivity contribution in [3.8, 4) is 6.07 Å². The maximum atomic E-state index is 12.8. The quantitative estimate of drug-likeness (QED) is 0.510. The molecule has 0 radical (unpaired) electrons. The van der Waals surface area contributed by atoms with Crippen molar-refractivity contribution in [3.05, 3.63) is 93.2 Å². The second kappa shape index (κ2) is 10.4. The van der Waals surface area contributed by atoms with Gasteiger partial charge in [0.05, 0.1) is 23.7 Å². The van der Waals surface area contributed by atoms with Gasteiger partial charge in [0.15, 0.2) is 6.61 Å². The Balaban J connectivity index is 1.64. The van der Waals surface area contributed by atoms with Crippen LogP contribution >= 0.6 is 11.3 Å². The lowest BCUT2D eigenvalue weighted by Crippen LogP contribution is -2.35. The smallest absolute Gasteiger partial charge is 0.338 e. The van der Waals surface area contributed by atoms with Gasteiger partial charge < -0.3 is 9.64 Å². The fraction of sp³-hybridized carbons (Fsp3) is 0.208. The largest absolute Gasteiger partial charge is 0.452 e. The molecule has 0 bridgehead atoms. The van der Waals surface area contributed by atoms with Gasteiger partial charge in [-0.05, 0) is 49.2 Å². The first-order chi connectivity index (χ1) is 14.5. The number of benzene rings is 2. The second-order valence-electron chi connectivity index (χ2n) is 6.83. The van der Waals surface area contributed by atoms with Crippen LogP contribution in [-0.4, -0.2) is 29.9 Å². The van der Waals surface area contributed by atoms with Crippen LogP contribution in [-0.2, 0) is 22.5 Å². The van der Waals surface area contributed by atoms with E-state index in [4.69, 9.17) is 10.00 Å². The summed E-state index contributed by atoms with van der Waals surface area (Å²) in [6.07, 6.45) is 0.717. The van der Waals surface area contributed by atoms with Gasteiger partial charge in [0.1, 0.15) is 0 Å². The number of nitriles is 1. The fourth-order valence-corrected chi connectivity index (χ4v) is 3.88. The summed E-state index contributed by atoms with van der Waals surface area (Å²) in [5.74, 6) is -0.864. The lowest BCUT2D eigenvalue weighted by Gasteiger charge is -2.22. The van der Waals surface area contributed by atoms with E-state index in [1.807, 2.05) is 55.5 Å². The highest BCUT2D eigenvalue weighted by Crippen LogP contribution is 2.18. The van der Waals surface area contributed by atoms with Gasteiger partial charge >= 0.3 is 5.97 Å². The number of hydrogen-bond donors (Lipinski definition) is 0. The lowest BCUT2D eigenvalue weighted by molar-refractivity contribution is -0.135. The van der Waals surface area contributed by atoms with Crippen LogP contribution in [0.5, 0.6) is 0 Å². The molecule has 5 nitrogen and oxygen atoms in total. The zero-order valence-corrected chi connectivity index (χ0v) is 17.5. The molecule has 3 aromatic rings. The summed E-state index contributed by atoms with van der Waals surface area (Å²) in [5.41, 5.74) is 1.77. The van der Waals surface area contributed by atoms with Gasteiger partial charge in [-0.2, -0.15) is 5.26 Å². The SMILES string of the molecule is Cc1ccc(CN(CCc2ccccc2)C(=O)COC(=O)c2cccc(C#N)c2)s1. The molecule has 3 rings (SSSR count). The van der Waals surface area contributed by atoms with Crippen molar-refractivity contribution in [2.24, 2.45) is 0 Å². The molecule has 152 valence electrons. The molecular formula is C24H22N2O3S. The molecule has 30 heavy (non-hydrogen) atoms. The third-order valence-electron chi connectivity index (χ3n) is 4.56. The standard InChI is InChI=1S/C24H22N2O3S/c1-18-10-11-22(30-18)16-26(13-12-19-6-3-2-4-7-19)23(27)17-29-24(28)21-9-5-8-20(14-21)15-25/h2-11,14H,12-13,16-17H2,1H3. The Bertz CT molecular complexity index is 1050. The summed E-state index contributed by atoms with van der Waals surface area (Å²) in [6, 6.07) is 22.2. The van der Waals surface area contributed by atoms with E-state index in [1.165, 1.54) is 10.9 Å². The molecule has 0 fully saturated rings. The molecule has 2 aromatic carbocycles. The number of thiophene rings is 1. The van der Waals surface area contributed by atoms with Crippen molar-refractivity contribution in [1.82, 2.24) is 4.90 Å². The lowest BCUT2D eigenvalue weighted by atomic mass is 10.1. The predicted molar refractivity (Wildman–Crippen MR) is 116 cm³/mol. The topological polar surface area (TPSA) is 70.4 Å². The van der Waals surface area contributed by atoms with E-state index in [0.29, 0.717) is 18.7 Å². The monoisotopic (exact) mass is 418 g/mol. The van der Waals surface area contributed by atoms with Crippen molar-refractivity contribution in [3.63, 3.8) is 0 Å². The average Bonchev–Trinajstić information content (AvgIpc) is 3.20. The minimum atomic E-state index is -0.615. The average molecular weight is 419 g/mol. The molecule has 0 aliphatic heterocycles. The predicted octanol–water partition coefficient (Wildman–Crippen LogP) is 4.36. The molecule has 0 aliphatic carbocycles. The Labute approximate surface area is 180 Å². The Morgan fingerprint density at radius 1 is 1.07 bits per heavy atom. The molecule has 6 heteroatoms. The summed E-state index contributed by atoms with van der Waals surface area (Å²) < 4.78 is 5.23. The van der Waals surface area contributed by atoms with E-state index in [9.17, 15) is 9.59 Å². The number of hydrogen-bond acceptors (Lipinski definition) is 5. The summed E-state index contributed by atoms with van der Waals surface area (Å²) in [6.45, 7) is 2.70. The highest BCUT2D eigenvalue weighted by molar-refractivity contribution is 7.11. The van der Waals surface area contributed by atoms with E-state index >= 15 is 0 Å². The van der Waals surface area contributed by atoms with Crippen LogP contribution in [0.1, 0.15) is 31.2 Å². The summed E-state index contributed by atoms with van der Waals surface area (Å²) >= 11 is 1.65. The molecule has 1 heterocycles. The molecule has 0 unspecified atom stereocenters. The molecule has 1 aromatic heterocycles. The highest BCUT2D eigenvalue weighted by atomic mass is 32.1. The second-order valence-corrected chi connectivity index (χ2v) is 8.20. The molecular weight excluding hydrogens is 396 g/mol. The minimum absolute atomic E-state index is 0.248. The van der Waals surface area contributed by atoms with Crippen LogP contribution in [0.25, 0.3) is 0 Å². The number of nitrogens with zero attached hydrogens (tertiary/aromatic N) is 2. The number of ether oxygens (including phenoxy) is 1. The highest BCUT2D eigenvalue weighted by Gasteiger charge is 2.18. The van der Waals surface area contributed by atoms with E-state index in [2.05, 4.69) is 0 Å². The maximum Gasteiger partial charge on any atom is 0.338 e. The first-order valence-electron chi connectivity index (χ1n) is 9.59. The number of aryl methyl sites for hydroxylation is 1. The first-order valence-corrected chi connectivity index (χ1v) is 10.4. The van der Waals surface area contributed by atoms with Crippen molar-refractivity contribution >= 4 is 23.2 Å². The molecule has 0 saturated carbocycles. The molecule has 0 aliphatic rings. The van der Waals surface area contributed by atoms with E-state index < -0.39 is 5.97 Å². The third-order valence-corrected chi connectivity index (χ3v) is 5.55. The van der Waals surface area contributed by atoms with Crippen LogP contribution in [0, 0.1) is 18.3 Å². The number of amides is 1. The van der Waals surface area contributed by atoms with Gasteiger partial charge in [-0.1, -0.05) is 36.4 Å². The van der Waals surface area contributed by atoms with Crippen molar-refractivity contribution in [2.75, 3.05) is 13.2 Å². The van der Waals surface area contributed by atoms with E-state index in [-0.39, 0.29) is 18.1 Å². The van der Waals surface area contributed by atoms with Gasteiger partial charge in [-0.15, -0.1) is 11.3 Å². The Morgan fingerprint density at radius 2 is 1.87 bits per heavy atom. The molecule has 1 amide bonds. The maximum absolute atomic E-state index is 12.8. The van der Waals surface area contributed by atoms with Crippen LogP contribution in [0.2, 0.25) is 0 Å². The zero-order valence-electron chi connectivity index (χ0n) is 16.7. The number of rotatable bonds is 8. The van der Waals surface area contributed by atoms with Gasteiger partial charge in [0, 0.05) is 16.3 Å². The van der Waals surface area contributed by atoms with Crippen molar-refractivity contribution in [1.29, 1.82) is 5.26 Å². The van der Waals surface area contributed by atoms with Crippen molar-refractivity contribution < 1.29 is 14.3 Å². The first kappa shape index (κ1) is 21.3. The zero-order chi connectivity index (χ0) is 21.3. The van der Waals surface area contributed by atoms with Gasteiger partial charge in [0.25, 0.3) is 5.91 Å². The van der Waals surface area contributed by atoms with Crippen LogP contribution < -0.4 is 0 Å². The van der Waals surface area contributed by atoms with Gasteiger partial charge in [-0.3, -0.25) is 4.79 Å². The Morgan fingerprint density at radius 3 is 2.57 bits per heavy atom. The van der Waals surface area contributed by atoms with E-state index in [0.717, 1.165) is 16.9 Å². The van der Waals surface area contributed by atoms with Crippen molar-refractivity contribution in [2.45, 2.75) is 19.9 Å². The normalized spacial score (nSPS) is 10.3. The molecule has 0 spiro atoms. The summed E-state index contributed by atoms with van der Waals surface area (Å²) in [5, 5.41) is 8.97. The van der Waals surface area contributed by atoms with Crippen LogP contribution in [0.4, 0.5) is 0 Å². The van der Waals surface area contributed by atoms with Gasteiger partial charge in [0.2, 0.25) is 0 Å². The fourth-order valence-electron chi connectivity index (χ4n) is 2.98. The molecule has 0 atom stereocenters. The summed E-state index contributed by atoms with van der Waals surface area (Å²) in [4.78, 5) is 29.1. The molecule has 0 N–H and O–H groups in total.